The van der Waals surface area contributed by atoms with E-state index in [1.165, 1.54) is 0 Å². The molecule has 0 aromatic heterocycles. The minimum atomic E-state index is -0.786. The summed E-state index contributed by atoms with van der Waals surface area (Å²) in [6.45, 7) is 12.8. The van der Waals surface area contributed by atoms with Gasteiger partial charge in [-0.25, -0.2) is 0 Å². The van der Waals surface area contributed by atoms with E-state index in [4.69, 9.17) is 0 Å². The summed E-state index contributed by atoms with van der Waals surface area (Å²) in [7, 11) is 0. The first kappa shape index (κ1) is 19.5. The first-order chi connectivity index (χ1) is 13.2. The molecular formula is C25H40O4. The van der Waals surface area contributed by atoms with E-state index < -0.39 is 11.2 Å². The van der Waals surface area contributed by atoms with E-state index in [9.17, 15) is 20.4 Å². The molecule has 13 atom stereocenters. The second-order valence-corrected chi connectivity index (χ2v) is 13.4. The fraction of sp³-hybridized carbons (Fsp3) is 1.00. The van der Waals surface area contributed by atoms with E-state index in [0.29, 0.717) is 30.1 Å². The fourth-order valence-corrected chi connectivity index (χ4v) is 11.8. The lowest BCUT2D eigenvalue weighted by Crippen LogP contribution is -2.46. The van der Waals surface area contributed by atoms with E-state index in [1.54, 1.807) is 0 Å². The van der Waals surface area contributed by atoms with Crippen molar-refractivity contribution in [2.75, 3.05) is 0 Å². The van der Waals surface area contributed by atoms with Gasteiger partial charge in [0.15, 0.2) is 0 Å². The van der Waals surface area contributed by atoms with Gasteiger partial charge in [-0.05, 0) is 99.2 Å². The van der Waals surface area contributed by atoms with Gasteiger partial charge in [0.25, 0.3) is 0 Å². The highest BCUT2D eigenvalue weighted by molar-refractivity contribution is 5.40. The minimum absolute atomic E-state index is 0.000765. The van der Waals surface area contributed by atoms with Gasteiger partial charge in [-0.2, -0.15) is 0 Å². The summed E-state index contributed by atoms with van der Waals surface area (Å²) in [5.41, 5.74) is -1.70. The summed E-state index contributed by atoms with van der Waals surface area (Å²) in [5, 5.41) is 44.8. The van der Waals surface area contributed by atoms with Gasteiger partial charge in [0.05, 0.1) is 23.4 Å². The average Bonchev–Trinajstić information content (AvgIpc) is 3.02. The minimum Gasteiger partial charge on any atom is -0.393 e. The lowest BCUT2D eigenvalue weighted by atomic mass is 9.58. The van der Waals surface area contributed by atoms with Crippen LogP contribution in [0.1, 0.15) is 73.6 Å². The zero-order valence-electron chi connectivity index (χ0n) is 18.9. The Kier molecular flexibility index (Phi) is 3.21. The molecule has 6 rings (SSSR count). The first-order valence-electron chi connectivity index (χ1n) is 12.0. The maximum Gasteiger partial charge on any atom is 0.0654 e. The third kappa shape index (κ3) is 1.60. The van der Waals surface area contributed by atoms with Crippen LogP contribution in [0.5, 0.6) is 0 Å². The van der Waals surface area contributed by atoms with Crippen molar-refractivity contribution in [1.82, 2.24) is 0 Å². The third-order valence-electron chi connectivity index (χ3n) is 12.9. The predicted octanol–water partition coefficient (Wildman–Crippen LogP) is 2.96. The largest absolute Gasteiger partial charge is 0.393 e. The van der Waals surface area contributed by atoms with Gasteiger partial charge in [-0.3, -0.25) is 0 Å². The molecule has 0 aromatic carbocycles. The van der Waals surface area contributed by atoms with Crippen LogP contribution < -0.4 is 0 Å². The molecule has 4 heteroatoms. The molecule has 164 valence electrons. The number of fused-ring (bicyclic) bond motifs is 3. The van der Waals surface area contributed by atoms with Crippen LogP contribution in [0.3, 0.4) is 0 Å². The summed E-state index contributed by atoms with van der Waals surface area (Å²) in [5.74, 6) is 2.09. The molecule has 0 aliphatic heterocycles. The number of aliphatic hydroxyl groups excluding tert-OH is 2. The van der Waals surface area contributed by atoms with Gasteiger partial charge in [0, 0.05) is 10.8 Å². The Bertz CT molecular complexity index is 786. The topological polar surface area (TPSA) is 80.9 Å². The number of aliphatic hydroxyl groups is 4. The second kappa shape index (κ2) is 4.77. The zero-order valence-corrected chi connectivity index (χ0v) is 18.9. The van der Waals surface area contributed by atoms with Crippen LogP contribution in [0.2, 0.25) is 0 Å². The Morgan fingerprint density at radius 2 is 1.52 bits per heavy atom. The Morgan fingerprint density at radius 1 is 0.897 bits per heavy atom. The van der Waals surface area contributed by atoms with E-state index in [2.05, 4.69) is 20.8 Å². The van der Waals surface area contributed by atoms with E-state index in [-0.39, 0.29) is 45.7 Å². The van der Waals surface area contributed by atoms with Crippen molar-refractivity contribution < 1.29 is 20.4 Å². The molecule has 29 heavy (non-hydrogen) atoms. The molecule has 0 unspecified atom stereocenters. The van der Waals surface area contributed by atoms with Crippen LogP contribution in [-0.4, -0.2) is 43.8 Å². The fourth-order valence-electron chi connectivity index (χ4n) is 11.8. The maximum absolute atomic E-state index is 11.3. The Labute approximate surface area is 175 Å². The summed E-state index contributed by atoms with van der Waals surface area (Å²) in [6.07, 6.45) is 3.65. The second-order valence-electron chi connectivity index (χ2n) is 13.4. The quantitative estimate of drug-likeness (QED) is 0.542. The molecule has 0 amide bonds. The Morgan fingerprint density at radius 3 is 2.14 bits per heavy atom. The van der Waals surface area contributed by atoms with E-state index in [1.807, 2.05) is 20.8 Å². The van der Waals surface area contributed by atoms with Crippen LogP contribution >= 0.6 is 0 Å². The summed E-state index contributed by atoms with van der Waals surface area (Å²) in [6, 6.07) is 0. The molecule has 0 saturated heterocycles. The molecule has 0 aromatic rings. The number of hydrogen-bond donors (Lipinski definition) is 4. The van der Waals surface area contributed by atoms with E-state index >= 15 is 0 Å². The van der Waals surface area contributed by atoms with Crippen molar-refractivity contribution in [2.24, 2.45) is 57.2 Å². The van der Waals surface area contributed by atoms with Gasteiger partial charge in [-0.1, -0.05) is 20.8 Å². The summed E-state index contributed by atoms with van der Waals surface area (Å²) >= 11 is 0. The molecule has 6 aliphatic carbocycles. The molecule has 4 nitrogen and oxygen atoms in total. The third-order valence-corrected chi connectivity index (χ3v) is 12.9. The van der Waals surface area contributed by atoms with Crippen LogP contribution in [0, 0.1) is 57.2 Å². The van der Waals surface area contributed by atoms with Crippen molar-refractivity contribution in [3.05, 3.63) is 0 Å². The molecule has 0 heterocycles. The predicted molar refractivity (Wildman–Crippen MR) is 110 cm³/mol. The van der Waals surface area contributed by atoms with Crippen molar-refractivity contribution in [1.29, 1.82) is 0 Å². The first-order valence-corrected chi connectivity index (χ1v) is 12.0. The van der Waals surface area contributed by atoms with Gasteiger partial charge in [0.2, 0.25) is 0 Å². The van der Waals surface area contributed by atoms with Gasteiger partial charge in [-0.15, -0.1) is 0 Å². The standard InChI is InChI=1S/C25H40O4/c1-12-18-13(24-8-7-21(4,29)15(24)10-16(26)22(12,24)5)11-25-14(20(2,3)28)9-17(27)23(25,6)19(18)25/h12-19,26-29H,7-11H2,1-6H3/t12-,13-,14-,15-,16-,17-,18-,19-,21-,22+,23-,24-,25+/m0/s1. The number of rotatable bonds is 1. The molecule has 6 aliphatic rings. The molecule has 6 fully saturated rings. The van der Waals surface area contributed by atoms with Crippen molar-refractivity contribution in [3.63, 3.8) is 0 Å². The molecular weight excluding hydrogens is 364 g/mol. The normalized spacial score (nSPS) is 69.7. The van der Waals surface area contributed by atoms with Crippen LogP contribution in [0.4, 0.5) is 0 Å². The zero-order chi connectivity index (χ0) is 21.2. The highest BCUT2D eigenvalue weighted by Gasteiger charge is 2.93. The maximum atomic E-state index is 11.3. The van der Waals surface area contributed by atoms with Gasteiger partial charge in [0.1, 0.15) is 0 Å². The Hall–Kier alpha value is -0.160. The molecule has 0 bridgehead atoms. The summed E-state index contributed by atoms with van der Waals surface area (Å²) in [4.78, 5) is 0. The van der Waals surface area contributed by atoms with Crippen molar-refractivity contribution >= 4 is 0 Å². The van der Waals surface area contributed by atoms with Crippen molar-refractivity contribution in [3.8, 4) is 0 Å². The average molecular weight is 405 g/mol. The van der Waals surface area contributed by atoms with Crippen LogP contribution in [0.25, 0.3) is 0 Å². The highest BCUT2D eigenvalue weighted by Crippen LogP contribution is 2.95. The summed E-state index contributed by atoms with van der Waals surface area (Å²) < 4.78 is 0. The van der Waals surface area contributed by atoms with Crippen LogP contribution in [0.15, 0.2) is 0 Å². The smallest absolute Gasteiger partial charge is 0.0654 e. The van der Waals surface area contributed by atoms with Crippen molar-refractivity contribution in [2.45, 2.75) is 97.1 Å². The monoisotopic (exact) mass is 404 g/mol. The van der Waals surface area contributed by atoms with E-state index in [0.717, 1.165) is 25.7 Å². The molecule has 0 radical (unpaired) electrons. The molecule has 2 spiro atoms. The molecule has 6 saturated carbocycles. The van der Waals surface area contributed by atoms with Gasteiger partial charge < -0.3 is 20.4 Å². The lowest BCUT2D eigenvalue weighted by molar-refractivity contribution is -0.0641. The van der Waals surface area contributed by atoms with Crippen LogP contribution in [-0.2, 0) is 0 Å². The number of hydrogen-bond acceptors (Lipinski definition) is 4. The highest BCUT2D eigenvalue weighted by atomic mass is 16.3. The molecule has 4 N–H and O–H groups in total. The lowest BCUT2D eigenvalue weighted by Gasteiger charge is -2.47. The van der Waals surface area contributed by atoms with Gasteiger partial charge >= 0.3 is 0 Å². The SMILES string of the molecule is C[C@H]1[C@H]2[C@H](C[C@]34[C@H](C(C)(C)O)C[C@H](O)[C@@]3(C)[C@H]24)[C@@]23CC[C@](C)(O)[C@@H]2C[C@H](O)[C@@]13C. The Balaban J connectivity index is 1.50.